The summed E-state index contributed by atoms with van der Waals surface area (Å²) in [5, 5.41) is 15.5. The molecule has 3 N–H and O–H groups in total. The lowest BCUT2D eigenvalue weighted by atomic mass is 9.96. The van der Waals surface area contributed by atoms with E-state index >= 15 is 0 Å². The van der Waals surface area contributed by atoms with Gasteiger partial charge in [0.25, 0.3) is 0 Å². The Kier molecular flexibility index (Phi) is 6.00. The minimum atomic E-state index is -1.26. The highest BCUT2D eigenvalue weighted by atomic mass is 32.2. The molecule has 0 spiro atoms. The van der Waals surface area contributed by atoms with E-state index in [1.54, 1.807) is 43.3 Å². The number of aliphatic hydroxyl groups is 1. The maximum atomic E-state index is 12.0. The molecule has 24 heavy (non-hydrogen) atoms. The van der Waals surface area contributed by atoms with Crippen molar-refractivity contribution in [1.82, 2.24) is 5.32 Å². The highest BCUT2D eigenvalue weighted by Crippen LogP contribution is 2.24. The maximum absolute atomic E-state index is 12.0. The van der Waals surface area contributed by atoms with Gasteiger partial charge < -0.3 is 15.7 Å². The number of nitrogens with one attached hydrogen (secondary N) is 2. The molecular formula is C18H20N2O3S. The molecule has 0 aliphatic heterocycles. The third-order valence-corrected chi connectivity index (χ3v) is 4.35. The van der Waals surface area contributed by atoms with Crippen molar-refractivity contribution in [3.63, 3.8) is 0 Å². The predicted molar refractivity (Wildman–Crippen MR) is 95.9 cm³/mol. The minimum absolute atomic E-state index is 0.0621. The van der Waals surface area contributed by atoms with Gasteiger partial charge in [-0.05, 0) is 30.9 Å². The van der Waals surface area contributed by atoms with Crippen molar-refractivity contribution in [1.29, 1.82) is 0 Å². The molecule has 126 valence electrons. The highest BCUT2D eigenvalue weighted by molar-refractivity contribution is 7.98. The van der Waals surface area contributed by atoms with Gasteiger partial charge in [0.1, 0.15) is 5.60 Å². The quantitative estimate of drug-likeness (QED) is 0.575. The van der Waals surface area contributed by atoms with Gasteiger partial charge in [0.05, 0.1) is 12.2 Å². The van der Waals surface area contributed by atoms with Crippen molar-refractivity contribution >= 4 is 29.3 Å². The lowest BCUT2D eigenvalue weighted by molar-refractivity contribution is -0.136. The molecule has 0 saturated carbocycles. The average molecular weight is 344 g/mol. The summed E-state index contributed by atoms with van der Waals surface area (Å²) in [6.45, 7) is 1.52. The van der Waals surface area contributed by atoms with Gasteiger partial charge in [0.15, 0.2) is 0 Å². The Morgan fingerprint density at radius 2 is 1.67 bits per heavy atom. The normalized spacial score (nSPS) is 13.0. The summed E-state index contributed by atoms with van der Waals surface area (Å²) in [7, 11) is 0. The second-order valence-electron chi connectivity index (χ2n) is 5.48. The maximum Gasteiger partial charge on any atom is 0.313 e. The molecule has 0 fully saturated rings. The van der Waals surface area contributed by atoms with Crippen molar-refractivity contribution in [2.45, 2.75) is 17.4 Å². The number of amides is 2. The second-order valence-corrected chi connectivity index (χ2v) is 6.33. The SMILES string of the molecule is CSc1ccccc1NC(=O)C(=O)NCC(C)(O)c1ccccc1. The third kappa shape index (κ3) is 4.59. The van der Waals surface area contributed by atoms with E-state index in [4.69, 9.17) is 0 Å². The number of para-hydroxylation sites is 1. The molecule has 1 unspecified atom stereocenters. The zero-order valence-electron chi connectivity index (χ0n) is 13.6. The van der Waals surface area contributed by atoms with Crippen LogP contribution in [0.25, 0.3) is 0 Å². The van der Waals surface area contributed by atoms with Crippen molar-refractivity contribution in [2.75, 3.05) is 18.1 Å². The van der Waals surface area contributed by atoms with Gasteiger partial charge in [-0.1, -0.05) is 42.5 Å². The van der Waals surface area contributed by atoms with E-state index in [2.05, 4.69) is 10.6 Å². The predicted octanol–water partition coefficient (Wildman–Crippen LogP) is 2.37. The molecule has 5 nitrogen and oxygen atoms in total. The second kappa shape index (κ2) is 7.99. The monoisotopic (exact) mass is 344 g/mol. The molecule has 0 aromatic heterocycles. The van der Waals surface area contributed by atoms with Crippen LogP contribution in [-0.4, -0.2) is 29.7 Å². The zero-order chi connectivity index (χ0) is 17.6. The fraction of sp³-hybridized carbons (Fsp3) is 0.222. The van der Waals surface area contributed by atoms with Crippen molar-refractivity contribution in [3.05, 3.63) is 60.2 Å². The van der Waals surface area contributed by atoms with E-state index in [0.717, 1.165) is 4.90 Å². The van der Waals surface area contributed by atoms with Gasteiger partial charge in [-0.15, -0.1) is 11.8 Å². The summed E-state index contributed by atoms with van der Waals surface area (Å²) in [6.07, 6.45) is 1.89. The molecule has 0 aliphatic carbocycles. The Morgan fingerprint density at radius 3 is 2.33 bits per heavy atom. The van der Waals surface area contributed by atoms with Crippen LogP contribution in [0.5, 0.6) is 0 Å². The molecular weight excluding hydrogens is 324 g/mol. The molecule has 0 saturated heterocycles. The van der Waals surface area contributed by atoms with Crippen LogP contribution < -0.4 is 10.6 Å². The summed E-state index contributed by atoms with van der Waals surface area (Å²) < 4.78 is 0. The smallest absolute Gasteiger partial charge is 0.313 e. The fourth-order valence-electron chi connectivity index (χ4n) is 2.16. The molecule has 0 aliphatic rings. The van der Waals surface area contributed by atoms with E-state index in [-0.39, 0.29) is 6.54 Å². The zero-order valence-corrected chi connectivity index (χ0v) is 14.4. The number of carbonyl (C=O) groups excluding carboxylic acids is 2. The van der Waals surface area contributed by atoms with Crippen LogP contribution in [0.3, 0.4) is 0 Å². The van der Waals surface area contributed by atoms with Gasteiger partial charge in [0.2, 0.25) is 0 Å². The summed E-state index contributed by atoms with van der Waals surface area (Å²) in [5.74, 6) is -1.55. The number of hydrogen-bond donors (Lipinski definition) is 3. The number of benzene rings is 2. The fourth-order valence-corrected chi connectivity index (χ4v) is 2.71. The van der Waals surface area contributed by atoms with E-state index in [0.29, 0.717) is 11.3 Å². The first-order valence-electron chi connectivity index (χ1n) is 7.44. The molecule has 2 amide bonds. The van der Waals surface area contributed by atoms with Crippen LogP contribution in [0, 0.1) is 0 Å². The highest BCUT2D eigenvalue weighted by Gasteiger charge is 2.25. The Hall–Kier alpha value is -2.31. The van der Waals surface area contributed by atoms with Gasteiger partial charge in [0, 0.05) is 4.90 Å². The summed E-state index contributed by atoms with van der Waals surface area (Å²) in [4.78, 5) is 24.9. The number of thioether (sulfide) groups is 1. The Balaban J connectivity index is 1.96. The van der Waals surface area contributed by atoms with E-state index in [1.807, 2.05) is 24.5 Å². The number of carbonyl (C=O) groups is 2. The number of hydrogen-bond acceptors (Lipinski definition) is 4. The van der Waals surface area contributed by atoms with Crippen LogP contribution in [0.2, 0.25) is 0 Å². The molecule has 0 bridgehead atoms. The van der Waals surface area contributed by atoms with Crippen molar-refractivity contribution < 1.29 is 14.7 Å². The van der Waals surface area contributed by atoms with Crippen LogP contribution >= 0.6 is 11.8 Å². The van der Waals surface area contributed by atoms with Crippen molar-refractivity contribution in [3.8, 4) is 0 Å². The van der Waals surface area contributed by atoms with Crippen LogP contribution in [-0.2, 0) is 15.2 Å². The molecule has 2 aromatic rings. The Morgan fingerprint density at radius 1 is 1.04 bits per heavy atom. The largest absolute Gasteiger partial charge is 0.384 e. The van der Waals surface area contributed by atoms with E-state index in [1.165, 1.54) is 11.8 Å². The van der Waals surface area contributed by atoms with E-state index in [9.17, 15) is 14.7 Å². The van der Waals surface area contributed by atoms with Crippen LogP contribution in [0.15, 0.2) is 59.5 Å². The lowest BCUT2D eigenvalue weighted by Crippen LogP contribution is -2.43. The van der Waals surface area contributed by atoms with Crippen LogP contribution in [0.4, 0.5) is 5.69 Å². The topological polar surface area (TPSA) is 78.4 Å². The first-order valence-corrected chi connectivity index (χ1v) is 8.66. The Bertz CT molecular complexity index is 717. The van der Waals surface area contributed by atoms with Crippen LogP contribution in [0.1, 0.15) is 12.5 Å². The average Bonchev–Trinajstić information content (AvgIpc) is 2.61. The number of rotatable bonds is 5. The molecule has 6 heteroatoms. The standard InChI is InChI=1S/C18H20N2O3S/c1-18(23,13-8-4-3-5-9-13)12-19-16(21)17(22)20-14-10-6-7-11-15(14)24-2/h3-11,23H,12H2,1-2H3,(H,19,21)(H,20,22). The van der Waals surface area contributed by atoms with Gasteiger partial charge in [-0.3, -0.25) is 9.59 Å². The minimum Gasteiger partial charge on any atom is -0.384 e. The molecule has 0 radical (unpaired) electrons. The van der Waals surface area contributed by atoms with E-state index < -0.39 is 17.4 Å². The lowest BCUT2D eigenvalue weighted by Gasteiger charge is -2.24. The molecule has 2 rings (SSSR count). The first-order chi connectivity index (χ1) is 11.4. The summed E-state index contributed by atoms with van der Waals surface area (Å²) in [6, 6.07) is 16.2. The van der Waals surface area contributed by atoms with Crippen molar-refractivity contribution in [2.24, 2.45) is 0 Å². The summed E-state index contributed by atoms with van der Waals surface area (Å²) in [5.41, 5.74) is -0.00705. The first kappa shape index (κ1) is 18.0. The van der Waals surface area contributed by atoms with Gasteiger partial charge >= 0.3 is 11.8 Å². The number of anilines is 1. The molecule has 0 heterocycles. The van der Waals surface area contributed by atoms with Gasteiger partial charge in [-0.25, -0.2) is 0 Å². The molecule has 2 aromatic carbocycles. The van der Waals surface area contributed by atoms with Gasteiger partial charge in [-0.2, -0.15) is 0 Å². The summed E-state index contributed by atoms with van der Waals surface area (Å²) >= 11 is 1.48. The molecule has 1 atom stereocenters. The Labute approximate surface area is 145 Å². The third-order valence-electron chi connectivity index (χ3n) is 3.55.